The molecule has 0 amide bonds. The lowest BCUT2D eigenvalue weighted by molar-refractivity contribution is -0.141. The van der Waals surface area contributed by atoms with Crippen molar-refractivity contribution in [2.45, 2.75) is 13.0 Å². The molecule has 3 heteroatoms. The molecule has 0 N–H and O–H groups in total. The summed E-state index contributed by atoms with van der Waals surface area (Å²) in [5.74, 6) is -0.476. The van der Waals surface area contributed by atoms with Crippen LogP contribution >= 0.6 is 0 Å². The minimum atomic E-state index is -0.476. The highest BCUT2D eigenvalue weighted by atomic mass is 16.5. The number of hydrogen-bond donors (Lipinski definition) is 0. The van der Waals surface area contributed by atoms with E-state index < -0.39 is 5.97 Å². The Kier molecular flexibility index (Phi) is 3.97. The molecule has 0 rings (SSSR count). The maximum absolute atomic E-state index is 10.5. The molecule has 0 aliphatic rings. The molecule has 3 nitrogen and oxygen atoms in total. The minimum absolute atomic E-state index is 0.208. The summed E-state index contributed by atoms with van der Waals surface area (Å²) in [7, 11) is 0. The van der Waals surface area contributed by atoms with Gasteiger partial charge in [-0.3, -0.25) is 0 Å². The molecule has 0 saturated heterocycles. The molecule has 0 aliphatic carbocycles. The Morgan fingerprint density at radius 3 is 3.00 bits per heavy atom. The normalized spacial score (nSPS) is 11.2. The Labute approximate surface area is 60.1 Å². The Hall–Kier alpha value is -1.30. The molecule has 0 radical (unpaired) electrons. The van der Waals surface area contributed by atoms with Gasteiger partial charge in [0.15, 0.2) is 6.10 Å². The Bertz CT molecular complexity index is 169. The number of esters is 1. The van der Waals surface area contributed by atoms with Gasteiger partial charge in [-0.15, -0.1) is 0 Å². The number of rotatable bonds is 3. The van der Waals surface area contributed by atoms with Crippen LogP contribution in [0.25, 0.3) is 4.85 Å². The van der Waals surface area contributed by atoms with Gasteiger partial charge in [-0.2, -0.15) is 0 Å². The standard InChI is InChI=1S/C7H9NO2/c1-4-7(9)10-6(2)5-8-3/h4,6H,1,5H2,2H3. The quantitative estimate of drug-likeness (QED) is 0.332. The van der Waals surface area contributed by atoms with Gasteiger partial charge < -0.3 is 9.58 Å². The zero-order chi connectivity index (χ0) is 7.98. The van der Waals surface area contributed by atoms with Crippen LogP contribution in [0, 0.1) is 6.57 Å². The summed E-state index contributed by atoms with van der Waals surface area (Å²) in [5, 5.41) is 0. The van der Waals surface area contributed by atoms with Crippen LogP contribution in [0.4, 0.5) is 0 Å². The Balaban J connectivity index is 3.58. The van der Waals surface area contributed by atoms with Crippen LogP contribution in [0.2, 0.25) is 0 Å². The van der Waals surface area contributed by atoms with Crippen LogP contribution < -0.4 is 0 Å². The van der Waals surface area contributed by atoms with Gasteiger partial charge in [0.25, 0.3) is 6.54 Å². The molecule has 1 atom stereocenters. The third kappa shape index (κ3) is 3.67. The van der Waals surface area contributed by atoms with E-state index in [1.165, 1.54) is 0 Å². The van der Waals surface area contributed by atoms with Crippen LogP contribution in [-0.2, 0) is 9.53 Å². The largest absolute Gasteiger partial charge is 0.452 e. The van der Waals surface area contributed by atoms with Gasteiger partial charge in [0, 0.05) is 6.08 Å². The smallest absolute Gasteiger partial charge is 0.330 e. The van der Waals surface area contributed by atoms with E-state index in [4.69, 9.17) is 6.57 Å². The van der Waals surface area contributed by atoms with Crippen LogP contribution in [0.5, 0.6) is 0 Å². The second kappa shape index (κ2) is 4.57. The zero-order valence-corrected chi connectivity index (χ0v) is 5.83. The molecular formula is C7H9NO2. The predicted molar refractivity (Wildman–Crippen MR) is 37.2 cm³/mol. The van der Waals surface area contributed by atoms with Gasteiger partial charge in [-0.25, -0.2) is 11.4 Å². The molecule has 0 aromatic carbocycles. The fourth-order valence-electron chi connectivity index (χ4n) is 0.412. The maximum Gasteiger partial charge on any atom is 0.330 e. The summed E-state index contributed by atoms with van der Waals surface area (Å²) in [6, 6.07) is 0. The molecule has 0 spiro atoms. The fraction of sp³-hybridized carbons (Fsp3) is 0.429. The number of carbonyl (C=O) groups is 1. The number of hydrogen-bond acceptors (Lipinski definition) is 2. The molecule has 0 aromatic rings. The van der Waals surface area contributed by atoms with Crippen molar-refractivity contribution in [3.05, 3.63) is 24.1 Å². The second-order valence-electron chi connectivity index (χ2n) is 1.79. The van der Waals surface area contributed by atoms with E-state index in [0.717, 1.165) is 6.08 Å². The SMILES string of the molecule is [C-]#[N+]CC(C)OC(=O)C=C. The molecule has 0 aliphatic heterocycles. The first-order valence-corrected chi connectivity index (χ1v) is 2.87. The number of carbonyl (C=O) groups excluding carboxylic acids is 1. The Morgan fingerprint density at radius 2 is 2.60 bits per heavy atom. The highest BCUT2D eigenvalue weighted by molar-refractivity contribution is 5.81. The lowest BCUT2D eigenvalue weighted by Crippen LogP contribution is -2.14. The van der Waals surface area contributed by atoms with Crippen molar-refractivity contribution in [2.75, 3.05) is 6.54 Å². The molecule has 1 unspecified atom stereocenters. The van der Waals surface area contributed by atoms with Crippen molar-refractivity contribution in [3.8, 4) is 0 Å². The summed E-state index contributed by atoms with van der Waals surface area (Å²) < 4.78 is 4.67. The maximum atomic E-state index is 10.5. The zero-order valence-electron chi connectivity index (χ0n) is 5.83. The van der Waals surface area contributed by atoms with Gasteiger partial charge in [-0.05, 0) is 6.92 Å². The van der Waals surface area contributed by atoms with Gasteiger partial charge in [-0.1, -0.05) is 6.58 Å². The highest BCUT2D eigenvalue weighted by Crippen LogP contribution is 1.91. The van der Waals surface area contributed by atoms with E-state index in [1.54, 1.807) is 6.92 Å². The average molecular weight is 139 g/mol. The molecule has 54 valence electrons. The molecule has 0 saturated carbocycles. The Morgan fingerprint density at radius 1 is 2.00 bits per heavy atom. The summed E-state index contributed by atoms with van der Waals surface area (Å²) in [5.41, 5.74) is 0. The van der Waals surface area contributed by atoms with Crippen LogP contribution in [0.1, 0.15) is 6.92 Å². The van der Waals surface area contributed by atoms with Crippen molar-refractivity contribution in [2.24, 2.45) is 0 Å². The van der Waals surface area contributed by atoms with Crippen molar-refractivity contribution in [3.63, 3.8) is 0 Å². The van der Waals surface area contributed by atoms with Gasteiger partial charge in [0.1, 0.15) is 0 Å². The fourth-order valence-corrected chi connectivity index (χ4v) is 0.412. The molecule has 0 fully saturated rings. The van der Waals surface area contributed by atoms with Crippen molar-refractivity contribution >= 4 is 5.97 Å². The number of ether oxygens (including phenoxy) is 1. The van der Waals surface area contributed by atoms with Crippen LogP contribution in [-0.4, -0.2) is 18.6 Å². The van der Waals surface area contributed by atoms with Gasteiger partial charge >= 0.3 is 5.97 Å². The monoisotopic (exact) mass is 139 g/mol. The summed E-state index contributed by atoms with van der Waals surface area (Å²) in [4.78, 5) is 13.5. The summed E-state index contributed by atoms with van der Waals surface area (Å²) in [6.07, 6.45) is 0.753. The van der Waals surface area contributed by atoms with E-state index >= 15 is 0 Å². The average Bonchev–Trinajstić information content (AvgIpc) is 1.88. The van der Waals surface area contributed by atoms with E-state index in [-0.39, 0.29) is 12.6 Å². The molecule has 0 aromatic heterocycles. The van der Waals surface area contributed by atoms with Crippen LogP contribution in [0.15, 0.2) is 12.7 Å². The summed E-state index contributed by atoms with van der Waals surface area (Å²) >= 11 is 0. The van der Waals surface area contributed by atoms with E-state index in [9.17, 15) is 4.79 Å². The summed E-state index contributed by atoms with van der Waals surface area (Å²) in [6.45, 7) is 11.5. The van der Waals surface area contributed by atoms with Gasteiger partial charge in [0.05, 0.1) is 0 Å². The van der Waals surface area contributed by atoms with E-state index in [1.807, 2.05) is 0 Å². The first kappa shape index (κ1) is 8.70. The highest BCUT2D eigenvalue weighted by Gasteiger charge is 2.07. The van der Waals surface area contributed by atoms with Gasteiger partial charge in [0.2, 0.25) is 0 Å². The first-order valence-electron chi connectivity index (χ1n) is 2.87. The molecule has 0 heterocycles. The van der Waals surface area contributed by atoms with E-state index in [2.05, 4.69) is 16.2 Å². The minimum Gasteiger partial charge on any atom is -0.452 e. The first-order chi connectivity index (χ1) is 4.70. The lowest BCUT2D eigenvalue weighted by Gasteiger charge is -2.03. The van der Waals surface area contributed by atoms with Crippen molar-refractivity contribution < 1.29 is 9.53 Å². The number of nitrogens with zero attached hydrogens (tertiary/aromatic N) is 1. The predicted octanol–water partition coefficient (Wildman–Crippen LogP) is 1.02. The van der Waals surface area contributed by atoms with Crippen LogP contribution in [0.3, 0.4) is 0 Å². The third-order valence-electron chi connectivity index (χ3n) is 0.832. The third-order valence-corrected chi connectivity index (χ3v) is 0.832. The van der Waals surface area contributed by atoms with Crippen molar-refractivity contribution in [1.82, 2.24) is 0 Å². The lowest BCUT2D eigenvalue weighted by atomic mass is 10.4. The molecular weight excluding hydrogens is 130 g/mol. The van der Waals surface area contributed by atoms with Crippen molar-refractivity contribution in [1.29, 1.82) is 0 Å². The second-order valence-corrected chi connectivity index (χ2v) is 1.79. The topological polar surface area (TPSA) is 30.7 Å². The van der Waals surface area contributed by atoms with E-state index in [0.29, 0.717) is 0 Å². The molecule has 0 bridgehead atoms. The molecule has 10 heavy (non-hydrogen) atoms.